The molecule has 0 aromatic carbocycles. The number of H-pyrrole nitrogens is 1. The molecule has 1 saturated heterocycles. The van der Waals surface area contributed by atoms with E-state index < -0.39 is 0 Å². The van der Waals surface area contributed by atoms with E-state index in [1.807, 2.05) is 19.9 Å². The van der Waals surface area contributed by atoms with E-state index in [1.54, 1.807) is 6.92 Å². The number of nitrogens with one attached hydrogen (secondary N) is 4. The van der Waals surface area contributed by atoms with Gasteiger partial charge in [-0.15, -0.1) is 0 Å². The molecule has 0 spiro atoms. The van der Waals surface area contributed by atoms with Crippen LogP contribution < -0.4 is 16.2 Å². The monoisotopic (exact) mass is 360 g/mol. The molecule has 2 heterocycles. The van der Waals surface area contributed by atoms with Crippen LogP contribution in [0.1, 0.15) is 36.6 Å². The van der Waals surface area contributed by atoms with Gasteiger partial charge in [-0.3, -0.25) is 9.59 Å². The van der Waals surface area contributed by atoms with E-state index in [0.29, 0.717) is 17.2 Å². The number of rotatable bonds is 7. The van der Waals surface area contributed by atoms with Gasteiger partial charge in [-0.1, -0.05) is 0 Å². The molecule has 4 N–H and O–H groups in total. The molecule has 0 radical (unpaired) electrons. The fourth-order valence-electron chi connectivity index (χ4n) is 3.05. The minimum absolute atomic E-state index is 0.130. The molecule has 0 saturated carbocycles. The standard InChI is InChI=1S/C19H28N4O3/c1-12-8-13(2)23-19(25)17(12)11-22-18(24)16(9-20)14(3)21-10-15-4-6-26-7-5-15/h8-9,15,20-21H,4-7,10-11H2,1-3H3,(H,22,24)(H,23,25)/b16-14+,20-9?. The third kappa shape index (κ3) is 5.29. The summed E-state index contributed by atoms with van der Waals surface area (Å²) < 4.78 is 5.35. The second-order valence-electron chi connectivity index (χ2n) is 6.75. The van der Waals surface area contributed by atoms with Crippen molar-refractivity contribution in [3.8, 4) is 0 Å². The highest BCUT2D eigenvalue weighted by molar-refractivity contribution is 6.11. The Bertz CT molecular complexity index is 746. The number of aromatic amines is 1. The molecule has 0 aliphatic carbocycles. The van der Waals surface area contributed by atoms with Gasteiger partial charge in [0.15, 0.2) is 0 Å². The van der Waals surface area contributed by atoms with Gasteiger partial charge < -0.3 is 25.8 Å². The minimum Gasteiger partial charge on any atom is -0.388 e. The van der Waals surface area contributed by atoms with E-state index in [-0.39, 0.29) is 23.6 Å². The number of carbonyl (C=O) groups is 1. The Morgan fingerprint density at radius 3 is 2.65 bits per heavy atom. The van der Waals surface area contributed by atoms with Crippen LogP contribution in [-0.4, -0.2) is 36.9 Å². The van der Waals surface area contributed by atoms with E-state index in [4.69, 9.17) is 10.1 Å². The second-order valence-corrected chi connectivity index (χ2v) is 6.75. The number of hydrogen-bond acceptors (Lipinski definition) is 5. The highest BCUT2D eigenvalue weighted by Gasteiger charge is 2.16. The quantitative estimate of drug-likeness (QED) is 0.437. The van der Waals surface area contributed by atoms with E-state index in [9.17, 15) is 9.59 Å². The number of amides is 1. The van der Waals surface area contributed by atoms with Crippen LogP contribution in [-0.2, 0) is 16.1 Å². The summed E-state index contributed by atoms with van der Waals surface area (Å²) in [7, 11) is 0. The Morgan fingerprint density at radius 2 is 2.04 bits per heavy atom. The lowest BCUT2D eigenvalue weighted by Crippen LogP contribution is -2.32. The highest BCUT2D eigenvalue weighted by Crippen LogP contribution is 2.14. The maximum Gasteiger partial charge on any atom is 0.254 e. The Balaban J connectivity index is 1.98. The first-order chi connectivity index (χ1) is 12.4. The second kappa shape index (κ2) is 9.33. The number of hydrogen-bond donors (Lipinski definition) is 4. The molecule has 1 aliphatic heterocycles. The van der Waals surface area contributed by atoms with Crippen LogP contribution in [0.25, 0.3) is 0 Å². The van der Waals surface area contributed by atoms with Crippen LogP contribution in [0.3, 0.4) is 0 Å². The Labute approximate surface area is 153 Å². The zero-order valence-electron chi connectivity index (χ0n) is 15.7. The van der Waals surface area contributed by atoms with Crippen molar-refractivity contribution in [1.29, 1.82) is 5.41 Å². The number of aromatic nitrogens is 1. The summed E-state index contributed by atoms with van der Waals surface area (Å²) in [5.41, 5.74) is 2.90. The average molecular weight is 360 g/mol. The van der Waals surface area contributed by atoms with Crippen molar-refractivity contribution in [3.05, 3.63) is 44.5 Å². The minimum atomic E-state index is -0.364. The fraction of sp³-hybridized carbons (Fsp3) is 0.526. The molecule has 7 nitrogen and oxygen atoms in total. The Hall–Kier alpha value is -2.41. The molecule has 1 aromatic rings. The largest absolute Gasteiger partial charge is 0.388 e. The van der Waals surface area contributed by atoms with E-state index in [1.165, 1.54) is 0 Å². The zero-order chi connectivity index (χ0) is 19.1. The first-order valence-electron chi connectivity index (χ1n) is 8.93. The van der Waals surface area contributed by atoms with Crippen LogP contribution in [0.5, 0.6) is 0 Å². The molecule has 0 bridgehead atoms. The van der Waals surface area contributed by atoms with Gasteiger partial charge in [-0.25, -0.2) is 0 Å². The highest BCUT2D eigenvalue weighted by atomic mass is 16.5. The van der Waals surface area contributed by atoms with Crippen molar-refractivity contribution in [3.63, 3.8) is 0 Å². The number of pyridine rings is 1. The topological polar surface area (TPSA) is 107 Å². The Morgan fingerprint density at radius 1 is 1.35 bits per heavy atom. The third-order valence-electron chi connectivity index (χ3n) is 4.71. The van der Waals surface area contributed by atoms with Crippen molar-refractivity contribution in [2.45, 2.75) is 40.2 Å². The first kappa shape index (κ1) is 19.9. The summed E-state index contributed by atoms with van der Waals surface area (Å²) >= 11 is 0. The van der Waals surface area contributed by atoms with Crippen molar-refractivity contribution >= 4 is 12.1 Å². The van der Waals surface area contributed by atoms with Crippen molar-refractivity contribution in [2.24, 2.45) is 5.92 Å². The molecule has 1 fully saturated rings. The maximum absolute atomic E-state index is 12.4. The summed E-state index contributed by atoms with van der Waals surface area (Å²) in [4.78, 5) is 27.2. The van der Waals surface area contributed by atoms with Crippen LogP contribution in [0.15, 0.2) is 22.1 Å². The predicted molar refractivity (Wildman–Crippen MR) is 101 cm³/mol. The summed E-state index contributed by atoms with van der Waals surface area (Å²) in [5.74, 6) is 0.152. The van der Waals surface area contributed by atoms with Gasteiger partial charge in [0.25, 0.3) is 11.5 Å². The van der Waals surface area contributed by atoms with Crippen LogP contribution in [0, 0.1) is 25.2 Å². The molecule has 1 amide bonds. The number of allylic oxidation sites excluding steroid dienone is 1. The van der Waals surface area contributed by atoms with Crippen LogP contribution in [0.2, 0.25) is 0 Å². The average Bonchev–Trinajstić information content (AvgIpc) is 2.60. The van der Waals surface area contributed by atoms with Gasteiger partial charge in [0.2, 0.25) is 0 Å². The lowest BCUT2D eigenvalue weighted by molar-refractivity contribution is -0.117. The van der Waals surface area contributed by atoms with E-state index in [0.717, 1.165) is 50.1 Å². The first-order valence-corrected chi connectivity index (χ1v) is 8.93. The SMILES string of the molecule is C/C(NCC1CCOCC1)=C(/C=N)C(=O)NCc1c(C)cc(C)[nH]c1=O. The molecular weight excluding hydrogens is 332 g/mol. The fourth-order valence-corrected chi connectivity index (χ4v) is 3.05. The van der Waals surface area contributed by atoms with Gasteiger partial charge in [-0.05, 0) is 51.2 Å². The summed E-state index contributed by atoms with van der Waals surface area (Å²) in [6.07, 6.45) is 3.05. The summed E-state index contributed by atoms with van der Waals surface area (Å²) in [6.45, 7) is 7.90. The number of carbonyl (C=O) groups excluding carboxylic acids is 1. The molecule has 0 unspecified atom stereocenters. The van der Waals surface area contributed by atoms with Crippen LogP contribution in [0.4, 0.5) is 0 Å². The van der Waals surface area contributed by atoms with Gasteiger partial charge >= 0.3 is 0 Å². The zero-order valence-corrected chi connectivity index (χ0v) is 15.7. The maximum atomic E-state index is 12.4. The number of aryl methyl sites for hydroxylation is 2. The molecule has 142 valence electrons. The number of ether oxygens (including phenoxy) is 1. The molecule has 0 atom stereocenters. The van der Waals surface area contributed by atoms with Crippen molar-refractivity contribution in [2.75, 3.05) is 19.8 Å². The smallest absolute Gasteiger partial charge is 0.254 e. The molecule has 26 heavy (non-hydrogen) atoms. The van der Waals surface area contributed by atoms with Gasteiger partial charge in [0.1, 0.15) is 0 Å². The predicted octanol–water partition coefficient (Wildman–Crippen LogP) is 1.55. The summed E-state index contributed by atoms with van der Waals surface area (Å²) in [5, 5.41) is 13.6. The summed E-state index contributed by atoms with van der Waals surface area (Å²) in [6, 6.07) is 1.87. The molecule has 1 aromatic heterocycles. The molecule has 7 heteroatoms. The van der Waals surface area contributed by atoms with E-state index in [2.05, 4.69) is 15.6 Å². The van der Waals surface area contributed by atoms with Gasteiger partial charge in [0.05, 0.1) is 5.57 Å². The van der Waals surface area contributed by atoms with Crippen molar-refractivity contribution in [1.82, 2.24) is 15.6 Å². The van der Waals surface area contributed by atoms with Gasteiger partial charge in [-0.2, -0.15) is 0 Å². The van der Waals surface area contributed by atoms with E-state index >= 15 is 0 Å². The lowest BCUT2D eigenvalue weighted by atomic mass is 10.0. The Kier molecular flexibility index (Phi) is 7.15. The molecule has 2 rings (SSSR count). The lowest BCUT2D eigenvalue weighted by Gasteiger charge is -2.23. The van der Waals surface area contributed by atoms with Crippen LogP contribution >= 0.6 is 0 Å². The molecular formula is C19H28N4O3. The third-order valence-corrected chi connectivity index (χ3v) is 4.71. The molecule has 1 aliphatic rings. The van der Waals surface area contributed by atoms with Crippen molar-refractivity contribution < 1.29 is 9.53 Å². The van der Waals surface area contributed by atoms with Gasteiger partial charge in [0, 0.05) is 49.5 Å². The normalized spacial score (nSPS) is 16.0.